The van der Waals surface area contributed by atoms with Crippen LogP contribution in [0.2, 0.25) is 0 Å². The highest BCUT2D eigenvalue weighted by Gasteiger charge is 2.27. The quantitative estimate of drug-likeness (QED) is 0.765. The lowest BCUT2D eigenvalue weighted by Crippen LogP contribution is -2.51. The van der Waals surface area contributed by atoms with Gasteiger partial charge in [-0.05, 0) is 65.3 Å². The molecule has 0 aromatic rings. The Kier molecular flexibility index (Phi) is 7.33. The largest absolute Gasteiger partial charge is 0.316 e. The normalized spacial score (nSPS) is 24.9. The van der Waals surface area contributed by atoms with Crippen LogP contribution in [0.5, 0.6) is 0 Å². The summed E-state index contributed by atoms with van der Waals surface area (Å²) in [6.07, 6.45) is 2.70. The van der Waals surface area contributed by atoms with Crippen molar-refractivity contribution in [1.82, 2.24) is 15.1 Å². The molecule has 1 aliphatic rings. The maximum atomic E-state index is 3.60. The van der Waals surface area contributed by atoms with Crippen LogP contribution in [0.4, 0.5) is 0 Å². The summed E-state index contributed by atoms with van der Waals surface area (Å²) in [6, 6.07) is 1.43. The Balaban J connectivity index is 2.36. The van der Waals surface area contributed by atoms with Crippen LogP contribution in [0.15, 0.2) is 0 Å². The average molecular weight is 269 g/mol. The Hall–Kier alpha value is -0.120. The van der Waals surface area contributed by atoms with E-state index in [2.05, 4.69) is 56.9 Å². The van der Waals surface area contributed by atoms with Crippen LogP contribution in [0.3, 0.4) is 0 Å². The van der Waals surface area contributed by atoms with Gasteiger partial charge in [-0.15, -0.1) is 0 Å². The molecule has 19 heavy (non-hydrogen) atoms. The van der Waals surface area contributed by atoms with Crippen LogP contribution in [-0.2, 0) is 0 Å². The van der Waals surface area contributed by atoms with Gasteiger partial charge >= 0.3 is 0 Å². The fourth-order valence-electron chi connectivity index (χ4n) is 2.90. The first-order valence-corrected chi connectivity index (χ1v) is 8.03. The van der Waals surface area contributed by atoms with E-state index in [0.29, 0.717) is 6.04 Å². The highest BCUT2D eigenvalue weighted by molar-refractivity contribution is 4.83. The average Bonchev–Trinajstić information content (AvgIpc) is 2.37. The Morgan fingerprint density at radius 1 is 1.16 bits per heavy atom. The highest BCUT2D eigenvalue weighted by atomic mass is 15.2. The summed E-state index contributed by atoms with van der Waals surface area (Å²) < 4.78 is 0. The molecule has 1 saturated heterocycles. The molecule has 114 valence electrons. The number of hydrogen-bond donors (Lipinski definition) is 1. The number of nitrogens with zero attached hydrogens (tertiary/aromatic N) is 2. The summed E-state index contributed by atoms with van der Waals surface area (Å²) >= 11 is 0. The van der Waals surface area contributed by atoms with Gasteiger partial charge in [0.05, 0.1) is 0 Å². The minimum absolute atomic E-state index is 0.683. The van der Waals surface area contributed by atoms with Crippen LogP contribution < -0.4 is 5.32 Å². The zero-order valence-corrected chi connectivity index (χ0v) is 13.9. The maximum Gasteiger partial charge on any atom is 0.0217 e. The molecule has 1 rings (SSSR count). The van der Waals surface area contributed by atoms with E-state index in [-0.39, 0.29) is 0 Å². The highest BCUT2D eigenvalue weighted by Crippen LogP contribution is 2.19. The molecule has 0 aromatic heterocycles. The van der Waals surface area contributed by atoms with Crippen molar-refractivity contribution in [3.8, 4) is 0 Å². The van der Waals surface area contributed by atoms with Crippen LogP contribution in [0.1, 0.15) is 40.5 Å². The van der Waals surface area contributed by atoms with Crippen LogP contribution in [-0.4, -0.2) is 62.2 Å². The van der Waals surface area contributed by atoms with E-state index in [1.807, 2.05) is 0 Å². The van der Waals surface area contributed by atoms with Crippen molar-refractivity contribution in [2.24, 2.45) is 11.8 Å². The minimum Gasteiger partial charge on any atom is -0.316 e. The third-order valence-electron chi connectivity index (χ3n) is 4.58. The second-order valence-corrected chi connectivity index (χ2v) is 7.02. The fourth-order valence-corrected chi connectivity index (χ4v) is 2.90. The summed E-state index contributed by atoms with van der Waals surface area (Å²) in [6.45, 7) is 14.1. The molecule has 1 N–H and O–H groups in total. The summed E-state index contributed by atoms with van der Waals surface area (Å²) in [5, 5.41) is 3.60. The van der Waals surface area contributed by atoms with E-state index < -0.39 is 0 Å². The summed E-state index contributed by atoms with van der Waals surface area (Å²) in [5.74, 6) is 1.47. The monoisotopic (exact) mass is 269 g/mol. The topological polar surface area (TPSA) is 18.5 Å². The minimum atomic E-state index is 0.683. The second kappa shape index (κ2) is 8.23. The lowest BCUT2D eigenvalue weighted by molar-refractivity contribution is 0.0799. The third-order valence-corrected chi connectivity index (χ3v) is 4.58. The van der Waals surface area contributed by atoms with E-state index in [9.17, 15) is 0 Å². The number of hydrogen-bond acceptors (Lipinski definition) is 3. The zero-order valence-electron chi connectivity index (χ0n) is 13.9. The van der Waals surface area contributed by atoms with Gasteiger partial charge in [0.2, 0.25) is 0 Å². The smallest absolute Gasteiger partial charge is 0.0217 e. The van der Waals surface area contributed by atoms with Gasteiger partial charge in [0, 0.05) is 18.6 Å². The standard InChI is InChI=1S/C16H35N3/c1-13(2)10-17-11-14(3)15(4)19-9-7-8-16(12-19)18(5)6/h13-17H,7-12H2,1-6H3. The first-order valence-electron chi connectivity index (χ1n) is 8.03. The van der Waals surface area contributed by atoms with E-state index in [1.54, 1.807) is 0 Å². The molecule has 0 saturated carbocycles. The van der Waals surface area contributed by atoms with Gasteiger partial charge in [-0.1, -0.05) is 20.8 Å². The summed E-state index contributed by atoms with van der Waals surface area (Å²) in [4.78, 5) is 5.08. The van der Waals surface area contributed by atoms with Crippen molar-refractivity contribution < 1.29 is 0 Å². The Morgan fingerprint density at radius 2 is 1.84 bits per heavy atom. The molecular formula is C16H35N3. The SMILES string of the molecule is CC(C)CNCC(C)C(C)N1CCCC(N(C)C)C1. The molecule has 0 bridgehead atoms. The van der Waals surface area contributed by atoms with Gasteiger partial charge in [-0.25, -0.2) is 0 Å². The number of rotatable bonds is 7. The molecule has 0 spiro atoms. The third kappa shape index (κ3) is 5.80. The maximum absolute atomic E-state index is 3.60. The Labute approximate surface area is 120 Å². The van der Waals surface area contributed by atoms with E-state index in [0.717, 1.165) is 31.0 Å². The van der Waals surface area contributed by atoms with Crippen molar-refractivity contribution in [2.75, 3.05) is 40.3 Å². The predicted molar refractivity (Wildman–Crippen MR) is 84.6 cm³/mol. The summed E-state index contributed by atoms with van der Waals surface area (Å²) in [5.41, 5.74) is 0. The number of nitrogens with one attached hydrogen (secondary N) is 1. The van der Waals surface area contributed by atoms with Gasteiger partial charge < -0.3 is 10.2 Å². The Morgan fingerprint density at radius 3 is 2.42 bits per heavy atom. The molecule has 0 amide bonds. The van der Waals surface area contributed by atoms with Gasteiger partial charge in [-0.3, -0.25) is 4.90 Å². The van der Waals surface area contributed by atoms with Crippen molar-refractivity contribution >= 4 is 0 Å². The molecule has 1 fully saturated rings. The van der Waals surface area contributed by atoms with Crippen molar-refractivity contribution in [3.63, 3.8) is 0 Å². The molecule has 0 radical (unpaired) electrons. The Bertz CT molecular complexity index is 240. The lowest BCUT2D eigenvalue weighted by Gasteiger charge is -2.41. The second-order valence-electron chi connectivity index (χ2n) is 7.02. The molecule has 3 unspecified atom stereocenters. The lowest BCUT2D eigenvalue weighted by atomic mass is 9.97. The van der Waals surface area contributed by atoms with Gasteiger partial charge in [0.15, 0.2) is 0 Å². The molecule has 0 aliphatic carbocycles. The first kappa shape index (κ1) is 16.9. The zero-order chi connectivity index (χ0) is 14.4. The van der Waals surface area contributed by atoms with Gasteiger partial charge in [0.1, 0.15) is 0 Å². The molecule has 1 heterocycles. The van der Waals surface area contributed by atoms with E-state index >= 15 is 0 Å². The molecular weight excluding hydrogens is 234 g/mol. The molecule has 3 heteroatoms. The van der Waals surface area contributed by atoms with E-state index in [4.69, 9.17) is 0 Å². The van der Waals surface area contributed by atoms with Crippen molar-refractivity contribution in [1.29, 1.82) is 0 Å². The van der Waals surface area contributed by atoms with Gasteiger partial charge in [0.25, 0.3) is 0 Å². The number of likely N-dealkylation sites (tertiary alicyclic amines) is 1. The first-order chi connectivity index (χ1) is 8.91. The molecule has 1 aliphatic heterocycles. The van der Waals surface area contributed by atoms with Crippen molar-refractivity contribution in [2.45, 2.75) is 52.6 Å². The molecule has 3 atom stereocenters. The number of piperidine rings is 1. The molecule has 3 nitrogen and oxygen atoms in total. The number of likely N-dealkylation sites (N-methyl/N-ethyl adjacent to an activating group) is 1. The van der Waals surface area contributed by atoms with E-state index in [1.165, 1.54) is 25.9 Å². The van der Waals surface area contributed by atoms with Crippen LogP contribution in [0.25, 0.3) is 0 Å². The van der Waals surface area contributed by atoms with Crippen molar-refractivity contribution in [3.05, 3.63) is 0 Å². The summed E-state index contributed by atoms with van der Waals surface area (Å²) in [7, 11) is 4.43. The van der Waals surface area contributed by atoms with Crippen LogP contribution in [0, 0.1) is 11.8 Å². The van der Waals surface area contributed by atoms with Crippen LogP contribution >= 0.6 is 0 Å². The predicted octanol–water partition coefficient (Wildman–Crippen LogP) is 2.28. The van der Waals surface area contributed by atoms with Gasteiger partial charge in [-0.2, -0.15) is 0 Å². The molecule has 0 aromatic carbocycles. The fraction of sp³-hybridized carbons (Fsp3) is 1.00.